The van der Waals surface area contributed by atoms with Gasteiger partial charge in [0.15, 0.2) is 0 Å². The highest BCUT2D eigenvalue weighted by atomic mass is 35.5. The van der Waals surface area contributed by atoms with Gasteiger partial charge in [-0.15, -0.1) is 34.0 Å². The predicted octanol–water partition coefficient (Wildman–Crippen LogP) is 16.7. The van der Waals surface area contributed by atoms with E-state index >= 15 is 0 Å². The Morgan fingerprint density at radius 3 is 1.13 bits per heavy atom. The van der Waals surface area contributed by atoms with Crippen LogP contribution in [-0.4, -0.2) is 136 Å². The van der Waals surface area contributed by atoms with Crippen LogP contribution in [0.25, 0.3) is 32.3 Å². The molecule has 0 saturated heterocycles. The number of alkyl carbamates (subject to hydrolysis) is 2. The summed E-state index contributed by atoms with van der Waals surface area (Å²) in [5.74, 6) is -2.99. The largest absolute Gasteiger partial charge is 0.490 e. The maximum absolute atomic E-state index is 13.5. The first-order valence-electron chi connectivity index (χ1n) is 36.9. The van der Waals surface area contributed by atoms with Crippen molar-refractivity contribution in [2.75, 3.05) is 39.3 Å². The van der Waals surface area contributed by atoms with Gasteiger partial charge >= 0.3 is 24.3 Å². The Morgan fingerprint density at radius 1 is 0.466 bits per heavy atom. The highest BCUT2D eigenvalue weighted by Gasteiger charge is 2.38. The number of nitrogens with one attached hydrogen (secondary N) is 3. The zero-order chi connectivity index (χ0) is 85.7. The van der Waals surface area contributed by atoms with Crippen molar-refractivity contribution in [2.24, 2.45) is 5.73 Å². The molecule has 0 unspecified atom stereocenters. The maximum atomic E-state index is 13.5. The van der Waals surface area contributed by atoms with E-state index in [9.17, 15) is 51.5 Å². The van der Waals surface area contributed by atoms with E-state index in [2.05, 4.69) is 26.1 Å². The summed E-state index contributed by atoms with van der Waals surface area (Å²) in [6.45, 7) is 15.6. The van der Waals surface area contributed by atoms with Gasteiger partial charge in [-0.2, -0.15) is 28.5 Å². The number of carboxylic acid groups (broad SMARTS) is 1. The number of alkyl halides is 3. The summed E-state index contributed by atoms with van der Waals surface area (Å²) in [6.07, 6.45) is -4.12. The molecule has 24 nitrogen and oxygen atoms in total. The van der Waals surface area contributed by atoms with Crippen molar-refractivity contribution in [2.45, 2.75) is 117 Å². The van der Waals surface area contributed by atoms with Crippen LogP contribution in [0.5, 0.6) is 0 Å². The number of ether oxygens (including phenoxy) is 2. The van der Waals surface area contributed by atoms with Gasteiger partial charge in [0.25, 0.3) is 33.7 Å². The van der Waals surface area contributed by atoms with E-state index in [1.807, 2.05) is 140 Å². The Hall–Kier alpha value is -10.7. The van der Waals surface area contributed by atoms with Gasteiger partial charge in [-0.3, -0.25) is 28.8 Å². The van der Waals surface area contributed by atoms with Gasteiger partial charge < -0.3 is 46.1 Å². The molecule has 0 radical (unpaired) electrons. The molecule has 622 valence electrons. The van der Waals surface area contributed by atoms with E-state index in [4.69, 9.17) is 76.6 Å². The Balaban J connectivity index is 0.000000203. The van der Waals surface area contributed by atoms with Crippen molar-refractivity contribution in [3.8, 4) is 0 Å². The number of hydrogen-bond acceptors (Lipinski definition) is 19. The van der Waals surface area contributed by atoms with E-state index in [0.29, 0.717) is 146 Å². The summed E-state index contributed by atoms with van der Waals surface area (Å²) in [5.41, 5.74) is 8.88. The minimum atomic E-state index is -5.08. The first kappa shape index (κ1) is 92.8. The minimum absolute atomic E-state index is 0.0776. The van der Waals surface area contributed by atoms with Crippen molar-refractivity contribution in [3.05, 3.63) is 293 Å². The molecule has 6 N–H and O–H groups in total. The molecule has 6 aromatic carbocycles. The Bertz CT molecular complexity index is 5530. The molecule has 0 fully saturated rings. The van der Waals surface area contributed by atoms with E-state index in [-0.39, 0.29) is 46.8 Å². The average molecular weight is 1750 g/mol. The number of aromatic nitrogens is 6. The summed E-state index contributed by atoms with van der Waals surface area (Å²) in [5, 5.41) is 40.2. The highest BCUT2D eigenvalue weighted by Crippen LogP contribution is 2.27. The lowest BCUT2D eigenvalue weighted by atomic mass is 10.1. The standard InChI is InChI=1S/C29H31ClN4O4S.C24H29ClN4O3.C24H23ClN4O2S.C5H3ClOS.C2HF3O2/c1-29(2,3)38-28(37)31-14-8-15-33(27(36)25-11-7-16-39-25)19-24-23-17-21(30)12-13-22(23)26(35)34(32-24)18-20-9-5-4-6-10-20;1-24(2,3)32-23(31)27-13-7-12-26-15-21-20-14-18(25)10-11-19(20)22(30)29(28-21)16-17-8-5-4-6-9-17;25-18-9-10-19-20(14-18)21(27-29(23(19)30)15-17-6-2-1-3-7-17)16-28(12-5-11-26)24(31)22-8-4-13-32-22;6-5(7)4-2-1-3-8-4;3-2(4,5)1(6)7/h4-7,9-13,16-17H,8,14-15,18-19H2,1-3H3,(H,31,37);4-6,8-11,14,26H,7,12-13,15-16H2,1-3H3,(H,27,31);1-4,6-10,13-14H,5,11-12,15-16,26H2;1-3H;(H,6,7). The van der Waals surface area contributed by atoms with Crippen LogP contribution in [0.3, 0.4) is 0 Å². The number of halogens is 7. The number of carbonyl (C=O) groups is 6. The summed E-state index contributed by atoms with van der Waals surface area (Å²) < 4.78 is 46.6. The first-order valence-corrected chi connectivity index (χ1v) is 41.0. The number of carboxylic acids is 1. The number of nitrogens with two attached hydrogens (primary N) is 1. The predicted molar refractivity (Wildman–Crippen MR) is 459 cm³/mol. The van der Waals surface area contributed by atoms with Gasteiger partial charge in [0, 0.05) is 64.0 Å². The second-order valence-corrected chi connectivity index (χ2v) is 32.6. The van der Waals surface area contributed by atoms with Crippen LogP contribution < -0.4 is 38.4 Å². The molecule has 118 heavy (non-hydrogen) atoms. The molecule has 6 aromatic heterocycles. The van der Waals surface area contributed by atoms with Gasteiger partial charge in [-0.1, -0.05) is 144 Å². The number of benzene rings is 6. The zero-order valence-electron chi connectivity index (χ0n) is 65.1. The molecule has 12 rings (SSSR count). The van der Waals surface area contributed by atoms with Gasteiger partial charge in [-0.25, -0.2) is 28.4 Å². The minimum Gasteiger partial charge on any atom is -0.475 e. The summed E-state index contributed by atoms with van der Waals surface area (Å²) in [6, 6.07) is 55.3. The SMILES string of the molecule is CC(C)(C)OC(=O)NCCCN(Cc1nn(Cc2ccccc2)c(=O)c2ccc(Cl)cc12)C(=O)c1cccs1.CC(C)(C)OC(=O)NCCCNCc1nn(Cc2ccccc2)c(=O)c2ccc(Cl)cc12.NCCCN(Cc1nn(Cc2ccccc2)c(=O)c2ccc(Cl)cc12)C(=O)c1cccs1.O=C(Cl)c1cccs1.O=C(O)C(F)(F)F. The molecule has 0 aliphatic carbocycles. The number of aliphatic carboxylic acids is 1. The Morgan fingerprint density at radius 2 is 0.805 bits per heavy atom. The lowest BCUT2D eigenvalue weighted by molar-refractivity contribution is -0.192. The van der Waals surface area contributed by atoms with E-state index in [0.717, 1.165) is 34.2 Å². The van der Waals surface area contributed by atoms with Gasteiger partial charge in [-0.05, 0) is 191 Å². The molecule has 0 atom stereocenters. The second-order valence-electron chi connectivity index (χ2n) is 28.1. The number of thiophene rings is 3. The third-order valence-electron chi connectivity index (χ3n) is 16.6. The highest BCUT2D eigenvalue weighted by molar-refractivity contribution is 7.14. The third kappa shape index (κ3) is 29.4. The van der Waals surface area contributed by atoms with Gasteiger partial charge in [0.1, 0.15) is 11.2 Å². The lowest BCUT2D eigenvalue weighted by Crippen LogP contribution is -2.36. The van der Waals surface area contributed by atoms with E-state index < -0.39 is 35.5 Å². The molecule has 4 amide bonds. The van der Waals surface area contributed by atoms with Crippen molar-refractivity contribution < 1.29 is 56.5 Å². The van der Waals surface area contributed by atoms with Crippen LogP contribution in [0, 0.1) is 0 Å². The fourth-order valence-corrected chi connectivity index (χ4v) is 13.9. The second kappa shape index (κ2) is 44.8. The molecule has 0 aliphatic heterocycles. The number of nitrogens with zero attached hydrogens (tertiary/aromatic N) is 8. The number of rotatable bonds is 26. The topological polar surface area (TPSA) is 314 Å². The molecular formula is C84H87Cl4F3N12O12S3. The number of hydrogen-bond donors (Lipinski definition) is 5. The molecule has 0 bridgehead atoms. The Labute approximate surface area is 709 Å². The molecule has 0 spiro atoms. The van der Waals surface area contributed by atoms with Crippen molar-refractivity contribution in [3.63, 3.8) is 0 Å². The van der Waals surface area contributed by atoms with Crippen LogP contribution in [0.4, 0.5) is 22.8 Å². The average Bonchev–Trinajstić information content (AvgIpc) is 0.854. The normalized spacial score (nSPS) is 11.2. The summed E-state index contributed by atoms with van der Waals surface area (Å²) in [7, 11) is 0. The summed E-state index contributed by atoms with van der Waals surface area (Å²) >= 11 is 27.9. The fraction of sp³-hybridized carbons (Fsp3) is 0.286. The number of fused-ring (bicyclic) bond motifs is 3. The van der Waals surface area contributed by atoms with Gasteiger partial charge in [0.2, 0.25) is 0 Å². The zero-order valence-corrected chi connectivity index (χ0v) is 70.6. The number of amides is 4. The Kier molecular flexibility index (Phi) is 35.2. The van der Waals surface area contributed by atoms with E-state index in [1.54, 1.807) is 109 Å². The van der Waals surface area contributed by atoms with Crippen LogP contribution in [0.2, 0.25) is 15.1 Å². The molecule has 34 heteroatoms. The molecule has 0 saturated carbocycles. The smallest absolute Gasteiger partial charge is 0.475 e. The van der Waals surface area contributed by atoms with Crippen LogP contribution >= 0.6 is 80.4 Å². The number of carbonyl (C=O) groups excluding carboxylic acids is 5. The monoisotopic (exact) mass is 1750 g/mol. The molecular weight excluding hydrogens is 1660 g/mol. The van der Waals surface area contributed by atoms with Crippen LogP contribution in [0.15, 0.2) is 213 Å². The van der Waals surface area contributed by atoms with Crippen LogP contribution in [-0.2, 0) is 53.5 Å². The van der Waals surface area contributed by atoms with Crippen molar-refractivity contribution >= 4 is 148 Å². The van der Waals surface area contributed by atoms with Crippen molar-refractivity contribution in [1.29, 1.82) is 0 Å². The van der Waals surface area contributed by atoms with Crippen LogP contribution in [0.1, 0.15) is 124 Å². The maximum Gasteiger partial charge on any atom is 0.490 e. The molecule has 12 aromatic rings. The quantitative estimate of drug-likeness (QED) is 0.0248. The van der Waals surface area contributed by atoms with Crippen molar-refractivity contribution in [1.82, 2.24) is 55.1 Å². The fourth-order valence-electron chi connectivity index (χ4n) is 11.3. The lowest BCUT2D eigenvalue weighted by Gasteiger charge is -2.24. The first-order chi connectivity index (χ1) is 56.1. The molecule has 0 aliphatic rings. The summed E-state index contributed by atoms with van der Waals surface area (Å²) in [4.78, 5) is 114. The molecule has 6 heterocycles. The van der Waals surface area contributed by atoms with Gasteiger partial charge in [0.05, 0.1) is 80.6 Å². The third-order valence-corrected chi connectivity index (χ3v) is 20.2. The van der Waals surface area contributed by atoms with E-state index in [1.165, 1.54) is 48.1 Å².